The van der Waals surface area contributed by atoms with Crippen molar-refractivity contribution < 1.29 is 13.2 Å². The van der Waals surface area contributed by atoms with Crippen LogP contribution < -0.4 is 0 Å². The van der Waals surface area contributed by atoms with Crippen LogP contribution in [0, 0.1) is 5.92 Å². The molecule has 0 saturated carbocycles. The normalized spacial score (nSPS) is 26.5. The Morgan fingerprint density at radius 1 is 1.60 bits per heavy atom. The van der Waals surface area contributed by atoms with Gasteiger partial charge >= 0.3 is 0 Å². The molecular formula is C9H18ClNO3S. The van der Waals surface area contributed by atoms with Crippen molar-refractivity contribution in [2.24, 2.45) is 5.92 Å². The van der Waals surface area contributed by atoms with E-state index in [-0.39, 0.29) is 17.7 Å². The van der Waals surface area contributed by atoms with E-state index in [9.17, 15) is 8.42 Å². The summed E-state index contributed by atoms with van der Waals surface area (Å²) >= 11 is 5.63. The highest BCUT2D eigenvalue weighted by Crippen LogP contribution is 2.15. The molecule has 0 aromatic heterocycles. The summed E-state index contributed by atoms with van der Waals surface area (Å²) in [5.41, 5.74) is 0. The number of nitrogens with zero attached hydrogens (tertiary/aromatic N) is 1. The summed E-state index contributed by atoms with van der Waals surface area (Å²) in [7, 11) is -3.17. The smallest absolute Gasteiger partial charge is 0.214 e. The van der Waals surface area contributed by atoms with Gasteiger partial charge < -0.3 is 4.74 Å². The molecule has 1 rings (SSSR count). The Hall–Kier alpha value is 0.160. The lowest BCUT2D eigenvalue weighted by molar-refractivity contribution is 0.0392. The van der Waals surface area contributed by atoms with Gasteiger partial charge in [0.1, 0.15) is 0 Å². The van der Waals surface area contributed by atoms with E-state index in [0.29, 0.717) is 25.6 Å². The first-order valence-electron chi connectivity index (χ1n) is 5.10. The van der Waals surface area contributed by atoms with Gasteiger partial charge in [-0.25, -0.2) is 8.42 Å². The van der Waals surface area contributed by atoms with Gasteiger partial charge in [-0.2, -0.15) is 4.31 Å². The molecule has 2 atom stereocenters. The molecule has 90 valence electrons. The van der Waals surface area contributed by atoms with Crippen LogP contribution in [0.4, 0.5) is 0 Å². The molecule has 1 aliphatic rings. The van der Waals surface area contributed by atoms with Crippen LogP contribution in [0.3, 0.4) is 0 Å². The highest BCUT2D eigenvalue weighted by molar-refractivity contribution is 7.89. The number of hydrogen-bond donors (Lipinski definition) is 0. The minimum absolute atomic E-state index is 0.00767. The molecular weight excluding hydrogens is 238 g/mol. The zero-order chi connectivity index (χ0) is 11.5. The molecule has 0 spiro atoms. The highest BCUT2D eigenvalue weighted by Gasteiger charge is 2.30. The predicted molar refractivity (Wildman–Crippen MR) is 60.7 cm³/mol. The lowest BCUT2D eigenvalue weighted by atomic mass is 10.3. The van der Waals surface area contributed by atoms with Gasteiger partial charge in [-0.3, -0.25) is 0 Å². The number of rotatable bonds is 4. The topological polar surface area (TPSA) is 46.6 Å². The summed E-state index contributed by atoms with van der Waals surface area (Å²) in [6, 6.07) is -0.0636. The minimum atomic E-state index is -3.17. The first-order valence-corrected chi connectivity index (χ1v) is 7.25. The fourth-order valence-corrected chi connectivity index (χ4v) is 3.85. The zero-order valence-electron chi connectivity index (χ0n) is 9.15. The largest absolute Gasteiger partial charge is 0.378 e. The number of ether oxygens (including phenoxy) is 1. The fraction of sp³-hybridized carbons (Fsp3) is 1.00. The van der Waals surface area contributed by atoms with E-state index in [0.717, 1.165) is 0 Å². The summed E-state index contributed by atoms with van der Waals surface area (Å²) in [4.78, 5) is 0. The Labute approximate surface area is 96.6 Å². The standard InChI is InChI=1S/C9H18ClNO3S/c1-8(5-10)7-15(12,13)11-3-4-14-6-9(11)2/h8-9H,3-7H2,1-2H3/t8?,9-/m1/s1. The van der Waals surface area contributed by atoms with Gasteiger partial charge in [-0.05, 0) is 12.8 Å². The van der Waals surface area contributed by atoms with E-state index in [1.54, 1.807) is 0 Å². The van der Waals surface area contributed by atoms with Gasteiger partial charge in [0.15, 0.2) is 0 Å². The Kier molecular flexibility index (Phi) is 4.83. The summed E-state index contributed by atoms with van der Waals surface area (Å²) in [5.74, 6) is 0.491. The third kappa shape index (κ3) is 3.59. The molecule has 6 heteroatoms. The molecule has 0 bridgehead atoms. The van der Waals surface area contributed by atoms with E-state index in [4.69, 9.17) is 16.3 Å². The van der Waals surface area contributed by atoms with E-state index in [1.165, 1.54) is 4.31 Å². The maximum atomic E-state index is 12.0. The van der Waals surface area contributed by atoms with Crippen molar-refractivity contribution >= 4 is 21.6 Å². The van der Waals surface area contributed by atoms with Crippen LogP contribution in [0.5, 0.6) is 0 Å². The third-order valence-electron chi connectivity index (χ3n) is 2.42. The molecule has 0 aliphatic carbocycles. The Bertz CT molecular complexity index is 294. The van der Waals surface area contributed by atoms with Crippen molar-refractivity contribution in [1.82, 2.24) is 4.31 Å². The van der Waals surface area contributed by atoms with Crippen molar-refractivity contribution in [2.75, 3.05) is 31.4 Å². The highest BCUT2D eigenvalue weighted by atomic mass is 35.5. The van der Waals surface area contributed by atoms with Crippen LogP contribution in [0.2, 0.25) is 0 Å². The Balaban J connectivity index is 2.67. The zero-order valence-corrected chi connectivity index (χ0v) is 10.7. The summed E-state index contributed by atoms with van der Waals surface area (Å²) in [6.07, 6.45) is 0. The molecule has 4 nitrogen and oxygen atoms in total. The van der Waals surface area contributed by atoms with Gasteiger partial charge in [0, 0.05) is 18.5 Å². The van der Waals surface area contributed by atoms with Crippen LogP contribution >= 0.6 is 11.6 Å². The van der Waals surface area contributed by atoms with Crippen molar-refractivity contribution in [1.29, 1.82) is 0 Å². The van der Waals surface area contributed by atoms with Gasteiger partial charge in [-0.15, -0.1) is 11.6 Å². The average molecular weight is 256 g/mol. The second-order valence-corrected chi connectivity index (χ2v) is 6.35. The van der Waals surface area contributed by atoms with Gasteiger partial charge in [0.05, 0.1) is 19.0 Å². The number of hydrogen-bond acceptors (Lipinski definition) is 3. The quantitative estimate of drug-likeness (QED) is 0.702. The molecule has 1 aliphatic heterocycles. The summed E-state index contributed by atoms with van der Waals surface area (Å²) < 4.78 is 30.7. The van der Waals surface area contributed by atoms with Crippen LogP contribution in [-0.4, -0.2) is 50.2 Å². The van der Waals surface area contributed by atoms with Crippen LogP contribution in [0.1, 0.15) is 13.8 Å². The molecule has 1 heterocycles. The first-order chi connectivity index (χ1) is 6.97. The third-order valence-corrected chi connectivity index (χ3v) is 5.20. The fourth-order valence-electron chi connectivity index (χ4n) is 1.63. The maximum Gasteiger partial charge on any atom is 0.214 e. The van der Waals surface area contributed by atoms with E-state index in [2.05, 4.69) is 0 Å². The number of alkyl halides is 1. The molecule has 15 heavy (non-hydrogen) atoms. The molecule has 0 aromatic carbocycles. The van der Waals surface area contributed by atoms with Crippen LogP contribution in [0.25, 0.3) is 0 Å². The van der Waals surface area contributed by atoms with E-state index < -0.39 is 10.0 Å². The van der Waals surface area contributed by atoms with Crippen molar-refractivity contribution in [3.8, 4) is 0 Å². The monoisotopic (exact) mass is 255 g/mol. The molecule has 0 N–H and O–H groups in total. The lowest BCUT2D eigenvalue weighted by Crippen LogP contribution is -2.48. The van der Waals surface area contributed by atoms with Crippen molar-refractivity contribution in [3.05, 3.63) is 0 Å². The van der Waals surface area contributed by atoms with Crippen molar-refractivity contribution in [3.63, 3.8) is 0 Å². The second-order valence-electron chi connectivity index (χ2n) is 4.07. The summed E-state index contributed by atoms with van der Waals surface area (Å²) in [5, 5.41) is 0. The average Bonchev–Trinajstić information content (AvgIpc) is 2.17. The molecule has 1 fully saturated rings. The van der Waals surface area contributed by atoms with Crippen molar-refractivity contribution in [2.45, 2.75) is 19.9 Å². The Morgan fingerprint density at radius 2 is 2.27 bits per heavy atom. The van der Waals surface area contributed by atoms with Crippen LogP contribution in [-0.2, 0) is 14.8 Å². The number of sulfonamides is 1. The second kappa shape index (κ2) is 5.48. The lowest BCUT2D eigenvalue weighted by Gasteiger charge is -2.32. The molecule has 0 radical (unpaired) electrons. The van der Waals surface area contributed by atoms with Gasteiger partial charge in [-0.1, -0.05) is 6.92 Å². The van der Waals surface area contributed by atoms with E-state index >= 15 is 0 Å². The molecule has 0 amide bonds. The summed E-state index contributed by atoms with van der Waals surface area (Å²) in [6.45, 7) is 5.13. The first kappa shape index (κ1) is 13.2. The van der Waals surface area contributed by atoms with Gasteiger partial charge in [0.2, 0.25) is 10.0 Å². The van der Waals surface area contributed by atoms with Crippen LogP contribution in [0.15, 0.2) is 0 Å². The number of halogens is 1. The maximum absolute atomic E-state index is 12.0. The number of morpholine rings is 1. The predicted octanol–water partition coefficient (Wildman–Crippen LogP) is 0.912. The molecule has 1 saturated heterocycles. The van der Waals surface area contributed by atoms with Gasteiger partial charge in [0.25, 0.3) is 0 Å². The molecule has 0 aromatic rings. The Morgan fingerprint density at radius 3 is 2.80 bits per heavy atom. The minimum Gasteiger partial charge on any atom is -0.378 e. The molecule has 1 unspecified atom stereocenters. The SMILES string of the molecule is CC(CCl)CS(=O)(=O)N1CCOC[C@H]1C. The van der Waals surface area contributed by atoms with E-state index in [1.807, 2.05) is 13.8 Å².